The summed E-state index contributed by atoms with van der Waals surface area (Å²) in [7, 11) is 1.62. The minimum atomic E-state index is -0.513. The van der Waals surface area contributed by atoms with Crippen molar-refractivity contribution in [1.29, 1.82) is 0 Å². The number of carbonyl (C=O) groups excluding carboxylic acids is 1. The van der Waals surface area contributed by atoms with Crippen LogP contribution in [0.15, 0.2) is 24.3 Å². The Morgan fingerprint density at radius 3 is 2.18 bits per heavy atom. The minimum absolute atomic E-state index is 0.0761. The topological polar surface area (TPSA) is 47.6 Å². The van der Waals surface area contributed by atoms with Crippen molar-refractivity contribution in [1.82, 2.24) is 5.32 Å². The number of benzene rings is 1. The average molecular weight is 307 g/mol. The molecule has 1 rings (SSSR count). The fourth-order valence-corrected chi connectivity index (χ4v) is 2.18. The van der Waals surface area contributed by atoms with Gasteiger partial charge in [0.15, 0.2) is 6.10 Å². The van der Waals surface area contributed by atoms with Gasteiger partial charge in [0.25, 0.3) is 5.91 Å². The molecule has 22 heavy (non-hydrogen) atoms. The highest BCUT2D eigenvalue weighted by molar-refractivity contribution is 5.80. The van der Waals surface area contributed by atoms with Crippen molar-refractivity contribution in [3.8, 4) is 11.5 Å². The summed E-state index contributed by atoms with van der Waals surface area (Å²) in [6.07, 6.45) is 2.81. The van der Waals surface area contributed by atoms with Gasteiger partial charge in [-0.25, -0.2) is 0 Å². The number of hydrogen-bond donors (Lipinski definition) is 1. The molecule has 2 atom stereocenters. The molecule has 4 heteroatoms. The molecule has 0 aliphatic carbocycles. The lowest BCUT2D eigenvalue weighted by atomic mass is 10.0. The highest BCUT2D eigenvalue weighted by Crippen LogP contribution is 2.18. The Labute approximate surface area is 134 Å². The van der Waals surface area contributed by atoms with Gasteiger partial charge in [-0.15, -0.1) is 0 Å². The van der Waals surface area contributed by atoms with E-state index in [0.717, 1.165) is 18.6 Å². The predicted octanol–water partition coefficient (Wildman–Crippen LogP) is 3.79. The first-order valence-electron chi connectivity index (χ1n) is 8.03. The van der Waals surface area contributed by atoms with Crippen LogP contribution < -0.4 is 14.8 Å². The third-order valence-corrected chi connectivity index (χ3v) is 3.55. The fourth-order valence-electron chi connectivity index (χ4n) is 2.18. The van der Waals surface area contributed by atoms with E-state index in [0.29, 0.717) is 11.7 Å². The van der Waals surface area contributed by atoms with Crippen molar-refractivity contribution in [2.75, 3.05) is 7.11 Å². The van der Waals surface area contributed by atoms with Crippen molar-refractivity contribution in [2.24, 2.45) is 5.92 Å². The second-order valence-electron chi connectivity index (χ2n) is 6.17. The number of amides is 1. The van der Waals surface area contributed by atoms with Gasteiger partial charge in [-0.3, -0.25) is 4.79 Å². The van der Waals surface area contributed by atoms with Crippen LogP contribution in [0.4, 0.5) is 0 Å². The molecule has 4 nitrogen and oxygen atoms in total. The minimum Gasteiger partial charge on any atom is -0.497 e. The Hall–Kier alpha value is -1.71. The van der Waals surface area contributed by atoms with Gasteiger partial charge in [0.2, 0.25) is 0 Å². The highest BCUT2D eigenvalue weighted by Gasteiger charge is 2.16. The Kier molecular flexibility index (Phi) is 7.78. The monoisotopic (exact) mass is 307 g/mol. The van der Waals surface area contributed by atoms with Crippen LogP contribution in [0, 0.1) is 5.92 Å². The Morgan fingerprint density at radius 2 is 1.64 bits per heavy atom. The van der Waals surface area contributed by atoms with Crippen LogP contribution in [0.2, 0.25) is 0 Å². The molecule has 1 aromatic carbocycles. The molecule has 0 bridgehead atoms. The zero-order chi connectivity index (χ0) is 16.5. The lowest BCUT2D eigenvalue weighted by Crippen LogP contribution is -2.41. The number of hydrogen-bond acceptors (Lipinski definition) is 3. The molecule has 2 unspecified atom stereocenters. The van der Waals surface area contributed by atoms with E-state index in [-0.39, 0.29) is 11.9 Å². The summed E-state index contributed by atoms with van der Waals surface area (Å²) < 4.78 is 10.7. The first kappa shape index (κ1) is 18.3. The molecule has 0 aliphatic rings. The third-order valence-electron chi connectivity index (χ3n) is 3.55. The zero-order valence-electron chi connectivity index (χ0n) is 14.4. The largest absolute Gasteiger partial charge is 0.497 e. The van der Waals surface area contributed by atoms with Crippen LogP contribution in [-0.2, 0) is 4.79 Å². The lowest BCUT2D eigenvalue weighted by Gasteiger charge is -2.19. The number of ether oxygens (including phenoxy) is 2. The molecule has 0 saturated carbocycles. The van der Waals surface area contributed by atoms with Gasteiger partial charge >= 0.3 is 0 Å². The van der Waals surface area contributed by atoms with E-state index in [4.69, 9.17) is 9.47 Å². The van der Waals surface area contributed by atoms with E-state index >= 15 is 0 Å². The maximum atomic E-state index is 12.1. The average Bonchev–Trinajstić information content (AvgIpc) is 2.47. The molecule has 0 aromatic heterocycles. The summed E-state index contributed by atoms with van der Waals surface area (Å²) in [6, 6.07) is 7.40. The summed E-state index contributed by atoms with van der Waals surface area (Å²) in [4.78, 5) is 12.1. The molecule has 124 valence electrons. The second-order valence-corrected chi connectivity index (χ2v) is 6.17. The number of nitrogens with one attached hydrogen (secondary N) is 1. The Morgan fingerprint density at radius 1 is 1.05 bits per heavy atom. The van der Waals surface area contributed by atoms with Gasteiger partial charge in [-0.2, -0.15) is 0 Å². The van der Waals surface area contributed by atoms with E-state index in [2.05, 4.69) is 19.2 Å². The van der Waals surface area contributed by atoms with E-state index in [1.165, 1.54) is 6.42 Å². The standard InChI is InChI=1S/C18H29NO3/c1-13(2)7-6-8-14(3)19-18(20)15(4)22-17-11-9-16(21-5)10-12-17/h9-15H,6-8H2,1-5H3,(H,19,20). The Balaban J connectivity index is 2.37. The molecule has 0 saturated heterocycles. The van der Waals surface area contributed by atoms with Gasteiger partial charge in [0.05, 0.1) is 7.11 Å². The first-order chi connectivity index (χ1) is 10.4. The molecular formula is C18H29NO3. The molecule has 0 aliphatic heterocycles. The van der Waals surface area contributed by atoms with Gasteiger partial charge in [-0.1, -0.05) is 26.7 Å². The molecule has 0 fully saturated rings. The number of rotatable bonds is 9. The number of methoxy groups -OCH3 is 1. The summed E-state index contributed by atoms with van der Waals surface area (Å²) >= 11 is 0. The highest BCUT2D eigenvalue weighted by atomic mass is 16.5. The van der Waals surface area contributed by atoms with Gasteiger partial charge in [0.1, 0.15) is 11.5 Å². The van der Waals surface area contributed by atoms with E-state index in [9.17, 15) is 4.79 Å². The van der Waals surface area contributed by atoms with Gasteiger partial charge in [0, 0.05) is 6.04 Å². The van der Waals surface area contributed by atoms with Crippen LogP contribution >= 0.6 is 0 Å². The van der Waals surface area contributed by atoms with E-state index in [1.54, 1.807) is 26.2 Å². The molecule has 1 N–H and O–H groups in total. The molecule has 1 aromatic rings. The van der Waals surface area contributed by atoms with Crippen molar-refractivity contribution < 1.29 is 14.3 Å². The van der Waals surface area contributed by atoms with Gasteiger partial charge in [-0.05, 0) is 50.5 Å². The SMILES string of the molecule is COc1ccc(OC(C)C(=O)NC(C)CCCC(C)C)cc1. The molecule has 0 heterocycles. The van der Waals surface area contributed by atoms with Crippen molar-refractivity contribution in [3.63, 3.8) is 0 Å². The zero-order valence-corrected chi connectivity index (χ0v) is 14.4. The van der Waals surface area contributed by atoms with Crippen molar-refractivity contribution in [3.05, 3.63) is 24.3 Å². The smallest absolute Gasteiger partial charge is 0.260 e. The van der Waals surface area contributed by atoms with Crippen LogP contribution in [0.5, 0.6) is 11.5 Å². The fraction of sp³-hybridized carbons (Fsp3) is 0.611. The maximum Gasteiger partial charge on any atom is 0.260 e. The number of carbonyl (C=O) groups is 1. The van der Waals surface area contributed by atoms with Crippen molar-refractivity contribution >= 4 is 5.91 Å². The second kappa shape index (κ2) is 9.34. The normalized spacial score (nSPS) is 13.5. The summed E-state index contributed by atoms with van der Waals surface area (Å²) in [5.74, 6) is 2.06. The van der Waals surface area contributed by atoms with Crippen LogP contribution in [0.3, 0.4) is 0 Å². The molecule has 0 radical (unpaired) electrons. The van der Waals surface area contributed by atoms with E-state index in [1.807, 2.05) is 19.1 Å². The lowest BCUT2D eigenvalue weighted by molar-refractivity contribution is -0.127. The van der Waals surface area contributed by atoms with E-state index < -0.39 is 6.10 Å². The molecule has 1 amide bonds. The Bertz CT molecular complexity index is 442. The summed E-state index contributed by atoms with van der Waals surface area (Å²) in [5, 5.41) is 3.01. The van der Waals surface area contributed by atoms with Crippen LogP contribution in [-0.4, -0.2) is 25.2 Å². The predicted molar refractivity (Wildman–Crippen MR) is 89.4 cm³/mol. The third kappa shape index (κ3) is 6.83. The van der Waals surface area contributed by atoms with Crippen LogP contribution in [0.1, 0.15) is 47.0 Å². The quantitative estimate of drug-likeness (QED) is 0.755. The van der Waals surface area contributed by atoms with Crippen molar-refractivity contribution in [2.45, 2.75) is 59.1 Å². The van der Waals surface area contributed by atoms with Crippen LogP contribution in [0.25, 0.3) is 0 Å². The molecule has 0 spiro atoms. The summed E-state index contributed by atoms with van der Waals surface area (Å²) in [5.41, 5.74) is 0. The first-order valence-corrected chi connectivity index (χ1v) is 8.03. The van der Waals surface area contributed by atoms with Gasteiger partial charge < -0.3 is 14.8 Å². The summed E-state index contributed by atoms with van der Waals surface area (Å²) in [6.45, 7) is 8.24. The maximum absolute atomic E-state index is 12.1. The molecular weight excluding hydrogens is 278 g/mol.